The summed E-state index contributed by atoms with van der Waals surface area (Å²) in [5, 5.41) is 0. The quantitative estimate of drug-likeness (QED) is 0.715. The number of benzene rings is 1. The molecule has 1 aliphatic rings. The fourth-order valence-corrected chi connectivity index (χ4v) is 3.80. The fraction of sp³-hybridized carbons (Fsp3) is 0.333. The second kappa shape index (κ2) is 5.92. The Labute approximate surface area is 135 Å². The molecule has 0 N–H and O–H groups in total. The van der Waals surface area contributed by atoms with Crippen LogP contribution in [-0.2, 0) is 10.2 Å². The molecule has 0 spiro atoms. The molecule has 2 aromatic rings. The molecular weight excluding hydrogens is 384 g/mol. The van der Waals surface area contributed by atoms with Crippen LogP contribution < -0.4 is 0 Å². The van der Waals surface area contributed by atoms with Crippen LogP contribution in [0, 0.1) is 0 Å². The maximum absolute atomic E-state index is 5.55. The zero-order valence-electron chi connectivity index (χ0n) is 10.9. The van der Waals surface area contributed by atoms with Crippen molar-refractivity contribution in [1.29, 1.82) is 0 Å². The summed E-state index contributed by atoms with van der Waals surface area (Å²) in [7, 11) is 0. The molecule has 1 aromatic heterocycles. The van der Waals surface area contributed by atoms with Gasteiger partial charge >= 0.3 is 0 Å². The monoisotopic (exact) mass is 396 g/mol. The molecule has 0 atom stereocenters. The third kappa shape index (κ3) is 2.67. The Morgan fingerprint density at radius 3 is 2.15 bits per heavy atom. The van der Waals surface area contributed by atoms with Crippen LogP contribution in [0.5, 0.6) is 0 Å². The minimum Gasteiger partial charge on any atom is -0.381 e. The van der Waals surface area contributed by atoms with Crippen LogP contribution in [0.15, 0.2) is 45.6 Å². The molecule has 3 rings (SSSR count). The maximum Gasteiger partial charge on any atom is 0.141 e. The fourth-order valence-electron chi connectivity index (χ4n) is 2.72. The highest BCUT2D eigenvalue weighted by atomic mass is 79.9. The summed E-state index contributed by atoms with van der Waals surface area (Å²) in [5.74, 6) is 0.855. The topological polar surface area (TPSA) is 35.0 Å². The van der Waals surface area contributed by atoms with Crippen molar-refractivity contribution >= 4 is 31.9 Å². The van der Waals surface area contributed by atoms with Crippen molar-refractivity contribution in [2.45, 2.75) is 18.3 Å². The van der Waals surface area contributed by atoms with Gasteiger partial charge in [-0.15, -0.1) is 0 Å². The normalized spacial score (nSPS) is 17.9. The Hall–Kier alpha value is -0.780. The molecule has 0 saturated carbocycles. The van der Waals surface area contributed by atoms with E-state index >= 15 is 0 Å². The lowest BCUT2D eigenvalue weighted by Gasteiger charge is -2.36. The molecule has 0 radical (unpaired) electrons. The van der Waals surface area contributed by atoms with Crippen LogP contribution >= 0.6 is 31.9 Å². The second-order valence-electron chi connectivity index (χ2n) is 4.90. The zero-order chi connectivity index (χ0) is 14.0. The number of rotatable bonds is 2. The van der Waals surface area contributed by atoms with Gasteiger partial charge in [0.25, 0.3) is 0 Å². The predicted octanol–water partition coefficient (Wildman–Crippen LogP) is 4.10. The standard InChI is InChI=1S/C15H14Br2N2O/c16-12-10-13(17)19-14(18-12)15(6-8-20-9-7-15)11-4-2-1-3-5-11/h1-5,10H,6-9H2. The van der Waals surface area contributed by atoms with Gasteiger partial charge in [-0.2, -0.15) is 0 Å². The Kier molecular flexibility index (Phi) is 4.19. The van der Waals surface area contributed by atoms with Crippen molar-refractivity contribution in [2.24, 2.45) is 0 Å². The highest BCUT2D eigenvalue weighted by Crippen LogP contribution is 2.40. The van der Waals surface area contributed by atoms with E-state index in [1.54, 1.807) is 0 Å². The number of hydrogen-bond acceptors (Lipinski definition) is 3. The van der Waals surface area contributed by atoms with Gasteiger partial charge in [-0.25, -0.2) is 9.97 Å². The average molecular weight is 398 g/mol. The Balaban J connectivity index is 2.15. The SMILES string of the molecule is Brc1cc(Br)nc(C2(c3ccccc3)CCOCC2)n1. The third-order valence-corrected chi connectivity index (χ3v) is 4.58. The first-order valence-corrected chi connectivity index (χ1v) is 8.13. The summed E-state index contributed by atoms with van der Waals surface area (Å²) in [6, 6.07) is 12.3. The molecule has 20 heavy (non-hydrogen) atoms. The van der Waals surface area contributed by atoms with E-state index in [-0.39, 0.29) is 5.41 Å². The molecule has 0 bridgehead atoms. The number of hydrogen-bond donors (Lipinski definition) is 0. The predicted molar refractivity (Wildman–Crippen MR) is 84.7 cm³/mol. The molecule has 0 amide bonds. The van der Waals surface area contributed by atoms with E-state index in [0.29, 0.717) is 0 Å². The third-order valence-electron chi connectivity index (χ3n) is 3.76. The maximum atomic E-state index is 5.55. The van der Waals surface area contributed by atoms with Crippen molar-refractivity contribution in [3.8, 4) is 0 Å². The van der Waals surface area contributed by atoms with Crippen LogP contribution in [-0.4, -0.2) is 23.2 Å². The molecule has 2 heterocycles. The second-order valence-corrected chi connectivity index (χ2v) is 6.52. The van der Waals surface area contributed by atoms with Crippen molar-refractivity contribution in [3.63, 3.8) is 0 Å². The summed E-state index contributed by atoms with van der Waals surface area (Å²) in [6.45, 7) is 1.48. The van der Waals surface area contributed by atoms with Gasteiger partial charge in [0.2, 0.25) is 0 Å². The summed E-state index contributed by atoms with van der Waals surface area (Å²) in [6.07, 6.45) is 1.81. The van der Waals surface area contributed by atoms with Gasteiger partial charge in [0.1, 0.15) is 15.0 Å². The molecule has 1 saturated heterocycles. The average Bonchev–Trinajstić information content (AvgIpc) is 2.48. The van der Waals surface area contributed by atoms with Crippen molar-refractivity contribution in [1.82, 2.24) is 9.97 Å². The first kappa shape index (κ1) is 14.2. The zero-order valence-corrected chi connectivity index (χ0v) is 14.0. The first-order chi connectivity index (χ1) is 9.71. The highest BCUT2D eigenvalue weighted by Gasteiger charge is 2.39. The molecule has 1 aromatic carbocycles. The van der Waals surface area contributed by atoms with Gasteiger partial charge in [0.15, 0.2) is 0 Å². The summed E-state index contributed by atoms with van der Waals surface area (Å²) in [5.41, 5.74) is 1.10. The summed E-state index contributed by atoms with van der Waals surface area (Å²) < 4.78 is 7.15. The minimum absolute atomic E-state index is 0.161. The van der Waals surface area contributed by atoms with Crippen LogP contribution in [0.1, 0.15) is 24.2 Å². The van der Waals surface area contributed by atoms with Crippen molar-refractivity contribution in [3.05, 3.63) is 57.0 Å². The van der Waals surface area contributed by atoms with E-state index in [1.165, 1.54) is 5.56 Å². The van der Waals surface area contributed by atoms with Gasteiger partial charge in [-0.3, -0.25) is 0 Å². The number of ether oxygens (including phenoxy) is 1. The molecule has 104 valence electrons. The van der Waals surface area contributed by atoms with Crippen LogP contribution in [0.2, 0.25) is 0 Å². The Morgan fingerprint density at radius 2 is 1.55 bits per heavy atom. The van der Waals surface area contributed by atoms with E-state index in [9.17, 15) is 0 Å². The van der Waals surface area contributed by atoms with Gasteiger partial charge in [0.05, 0.1) is 5.41 Å². The lowest BCUT2D eigenvalue weighted by atomic mass is 9.73. The van der Waals surface area contributed by atoms with E-state index in [2.05, 4.69) is 66.1 Å². The van der Waals surface area contributed by atoms with Crippen LogP contribution in [0.4, 0.5) is 0 Å². The van der Waals surface area contributed by atoms with Crippen LogP contribution in [0.25, 0.3) is 0 Å². The lowest BCUT2D eigenvalue weighted by Crippen LogP contribution is -2.36. The molecule has 0 aliphatic carbocycles. The van der Waals surface area contributed by atoms with Crippen molar-refractivity contribution in [2.75, 3.05) is 13.2 Å². The van der Waals surface area contributed by atoms with Crippen molar-refractivity contribution < 1.29 is 4.74 Å². The molecule has 5 heteroatoms. The molecule has 1 aliphatic heterocycles. The minimum atomic E-state index is -0.161. The van der Waals surface area contributed by atoms with Gasteiger partial charge in [0, 0.05) is 19.3 Å². The highest BCUT2D eigenvalue weighted by molar-refractivity contribution is 9.11. The van der Waals surface area contributed by atoms with Gasteiger partial charge in [-0.1, -0.05) is 30.3 Å². The molecule has 0 unspecified atom stereocenters. The first-order valence-electron chi connectivity index (χ1n) is 6.54. The summed E-state index contributed by atoms with van der Waals surface area (Å²) >= 11 is 6.93. The molecule has 3 nitrogen and oxygen atoms in total. The van der Waals surface area contributed by atoms with E-state index < -0.39 is 0 Å². The van der Waals surface area contributed by atoms with Crippen LogP contribution in [0.3, 0.4) is 0 Å². The van der Waals surface area contributed by atoms with E-state index in [4.69, 9.17) is 4.74 Å². The molecular formula is C15H14Br2N2O. The number of aromatic nitrogens is 2. The largest absolute Gasteiger partial charge is 0.381 e. The Morgan fingerprint density at radius 1 is 0.950 bits per heavy atom. The lowest BCUT2D eigenvalue weighted by molar-refractivity contribution is 0.0603. The van der Waals surface area contributed by atoms with Gasteiger partial charge in [-0.05, 0) is 50.3 Å². The van der Waals surface area contributed by atoms with Gasteiger partial charge < -0.3 is 4.74 Å². The Bertz CT molecular complexity index is 578. The number of halogens is 2. The summed E-state index contributed by atoms with van der Waals surface area (Å²) in [4.78, 5) is 9.25. The number of nitrogens with zero attached hydrogens (tertiary/aromatic N) is 2. The smallest absolute Gasteiger partial charge is 0.141 e. The molecule has 1 fully saturated rings. The van der Waals surface area contributed by atoms with E-state index in [0.717, 1.165) is 41.1 Å². The van der Waals surface area contributed by atoms with E-state index in [1.807, 2.05) is 12.1 Å².